The minimum Gasteiger partial charge on any atom is -0.311 e. The zero-order valence-electron chi connectivity index (χ0n) is 13.1. The number of benzene rings is 2. The van der Waals surface area contributed by atoms with Gasteiger partial charge in [0.2, 0.25) is 5.91 Å². The van der Waals surface area contributed by atoms with E-state index in [0.717, 1.165) is 11.0 Å². The Morgan fingerprint density at radius 2 is 2.04 bits per heavy atom. The largest absolute Gasteiger partial charge is 0.311 e. The smallest absolute Gasteiger partial charge is 0.261 e. The van der Waals surface area contributed by atoms with Gasteiger partial charge in [-0.05, 0) is 36.4 Å². The average Bonchev–Trinajstić information content (AvgIpc) is 2.56. The first kappa shape index (κ1) is 18.0. The molecular formula is C16H14ClFN2O3S2. The molecule has 2 aromatic carbocycles. The third-order valence-electron chi connectivity index (χ3n) is 3.66. The third kappa shape index (κ3) is 3.75. The van der Waals surface area contributed by atoms with Crippen LogP contribution < -0.4 is 9.62 Å². The van der Waals surface area contributed by atoms with Crippen LogP contribution in [0.1, 0.15) is 6.92 Å². The second-order valence-corrected chi connectivity index (χ2v) is 8.61. The van der Waals surface area contributed by atoms with E-state index in [0.29, 0.717) is 18.0 Å². The summed E-state index contributed by atoms with van der Waals surface area (Å²) in [5.74, 6) is -0.0211. The van der Waals surface area contributed by atoms with Crippen LogP contribution in [-0.4, -0.2) is 26.6 Å². The van der Waals surface area contributed by atoms with Gasteiger partial charge in [-0.2, -0.15) is 0 Å². The average molecular weight is 401 g/mol. The van der Waals surface area contributed by atoms with Crippen molar-refractivity contribution in [3.63, 3.8) is 0 Å². The minimum atomic E-state index is -3.86. The minimum absolute atomic E-state index is 0.0598. The van der Waals surface area contributed by atoms with Crippen molar-refractivity contribution in [2.75, 3.05) is 21.9 Å². The number of carbonyl (C=O) groups is 1. The van der Waals surface area contributed by atoms with Gasteiger partial charge in [0.15, 0.2) is 0 Å². The van der Waals surface area contributed by atoms with Crippen LogP contribution in [-0.2, 0) is 14.8 Å². The third-order valence-corrected chi connectivity index (χ3v) is 6.35. The molecule has 5 nitrogen and oxygen atoms in total. The Morgan fingerprint density at radius 3 is 2.72 bits per heavy atom. The van der Waals surface area contributed by atoms with Crippen LogP contribution in [0.15, 0.2) is 46.2 Å². The van der Waals surface area contributed by atoms with Crippen molar-refractivity contribution in [1.29, 1.82) is 0 Å². The number of nitrogens with zero attached hydrogens (tertiary/aromatic N) is 1. The van der Waals surface area contributed by atoms with E-state index in [4.69, 9.17) is 11.6 Å². The summed E-state index contributed by atoms with van der Waals surface area (Å²) >= 11 is 7.17. The van der Waals surface area contributed by atoms with Crippen molar-refractivity contribution in [3.05, 3.63) is 47.2 Å². The highest BCUT2D eigenvalue weighted by Gasteiger charge is 2.23. The fourth-order valence-corrected chi connectivity index (χ4v) is 4.83. The van der Waals surface area contributed by atoms with E-state index in [1.807, 2.05) is 0 Å². The number of sulfonamides is 1. The van der Waals surface area contributed by atoms with Gasteiger partial charge in [-0.1, -0.05) is 11.6 Å². The van der Waals surface area contributed by atoms with E-state index in [1.54, 1.807) is 11.0 Å². The monoisotopic (exact) mass is 400 g/mol. The maximum atomic E-state index is 13.2. The number of rotatable bonds is 3. The van der Waals surface area contributed by atoms with Crippen molar-refractivity contribution >= 4 is 50.7 Å². The number of fused-ring (bicyclic) bond motifs is 1. The number of thioether (sulfide) groups is 1. The van der Waals surface area contributed by atoms with Gasteiger partial charge < -0.3 is 4.90 Å². The van der Waals surface area contributed by atoms with Gasteiger partial charge in [0.1, 0.15) is 5.82 Å². The molecule has 1 N–H and O–H groups in total. The molecule has 9 heteroatoms. The maximum Gasteiger partial charge on any atom is 0.261 e. The van der Waals surface area contributed by atoms with Crippen LogP contribution in [0.3, 0.4) is 0 Å². The highest BCUT2D eigenvalue weighted by molar-refractivity contribution is 7.99. The summed E-state index contributed by atoms with van der Waals surface area (Å²) < 4.78 is 40.7. The van der Waals surface area contributed by atoms with Crippen LogP contribution in [0, 0.1) is 5.82 Å². The zero-order valence-corrected chi connectivity index (χ0v) is 15.5. The number of amides is 1. The summed E-state index contributed by atoms with van der Waals surface area (Å²) in [6.45, 7) is 2.07. The molecule has 3 rings (SSSR count). The Kier molecular flexibility index (Phi) is 4.95. The first-order valence-corrected chi connectivity index (χ1v) is 10.2. The van der Waals surface area contributed by atoms with Crippen LogP contribution in [0.2, 0.25) is 5.02 Å². The fourth-order valence-electron chi connectivity index (χ4n) is 2.47. The zero-order chi connectivity index (χ0) is 18.2. The molecule has 132 valence electrons. The molecular weight excluding hydrogens is 387 g/mol. The lowest BCUT2D eigenvalue weighted by Crippen LogP contribution is -2.33. The molecule has 0 aliphatic carbocycles. The summed E-state index contributed by atoms with van der Waals surface area (Å²) in [4.78, 5) is 14.1. The van der Waals surface area contributed by atoms with Crippen LogP contribution >= 0.6 is 23.4 Å². The molecule has 0 aromatic heterocycles. The molecule has 0 saturated carbocycles. The van der Waals surface area contributed by atoms with Gasteiger partial charge in [-0.15, -0.1) is 11.8 Å². The van der Waals surface area contributed by atoms with E-state index in [9.17, 15) is 17.6 Å². The summed E-state index contributed by atoms with van der Waals surface area (Å²) in [5, 5.41) is -0.168. The number of carbonyl (C=O) groups excluding carboxylic acids is 1. The first-order chi connectivity index (χ1) is 11.8. The number of halogens is 2. The molecule has 0 radical (unpaired) electrons. The molecule has 1 aliphatic rings. The highest BCUT2D eigenvalue weighted by atomic mass is 35.5. The van der Waals surface area contributed by atoms with Gasteiger partial charge in [-0.25, -0.2) is 12.8 Å². The molecule has 25 heavy (non-hydrogen) atoms. The predicted molar refractivity (Wildman–Crippen MR) is 97.4 cm³/mol. The summed E-state index contributed by atoms with van der Waals surface area (Å²) in [5.41, 5.74) is 0.870. The molecule has 0 unspecified atom stereocenters. The van der Waals surface area contributed by atoms with Crippen molar-refractivity contribution in [3.8, 4) is 0 Å². The van der Waals surface area contributed by atoms with Crippen molar-refractivity contribution < 1.29 is 17.6 Å². The number of nitrogens with one attached hydrogen (secondary N) is 1. The fraction of sp³-hybridized carbons (Fsp3) is 0.188. The quantitative estimate of drug-likeness (QED) is 0.852. The van der Waals surface area contributed by atoms with E-state index >= 15 is 0 Å². The normalized spacial score (nSPS) is 14.1. The molecule has 0 atom stereocenters. The molecule has 1 aliphatic heterocycles. The Balaban J connectivity index is 1.92. The Hall–Kier alpha value is -1.77. The maximum absolute atomic E-state index is 13.2. The van der Waals surface area contributed by atoms with Gasteiger partial charge in [0, 0.05) is 24.1 Å². The van der Waals surface area contributed by atoms with Gasteiger partial charge in [0.25, 0.3) is 10.0 Å². The van der Waals surface area contributed by atoms with E-state index in [-0.39, 0.29) is 21.5 Å². The van der Waals surface area contributed by atoms with Crippen molar-refractivity contribution in [2.24, 2.45) is 0 Å². The second kappa shape index (κ2) is 6.86. The summed E-state index contributed by atoms with van der Waals surface area (Å²) in [6.07, 6.45) is 0. The van der Waals surface area contributed by atoms with E-state index < -0.39 is 15.8 Å². The molecule has 2 aromatic rings. The number of hydrogen-bond acceptors (Lipinski definition) is 4. The van der Waals surface area contributed by atoms with E-state index in [2.05, 4.69) is 4.72 Å². The first-order valence-electron chi connectivity index (χ1n) is 7.31. The number of hydrogen-bond donors (Lipinski definition) is 1. The van der Waals surface area contributed by atoms with Gasteiger partial charge >= 0.3 is 0 Å². The SMILES string of the molecule is CC(=O)N1CCSc2cc(S(=O)(=O)Nc3ccc(F)c(Cl)c3)ccc21. The summed E-state index contributed by atoms with van der Waals surface area (Å²) in [6, 6.07) is 8.18. The molecule has 1 heterocycles. The van der Waals surface area contributed by atoms with Gasteiger partial charge in [0.05, 0.1) is 21.3 Å². The molecule has 0 spiro atoms. The predicted octanol–water partition coefficient (Wildman–Crippen LogP) is 3.74. The lowest BCUT2D eigenvalue weighted by molar-refractivity contribution is -0.116. The van der Waals surface area contributed by atoms with Crippen LogP contribution in [0.5, 0.6) is 0 Å². The Bertz CT molecular complexity index is 950. The van der Waals surface area contributed by atoms with Crippen LogP contribution in [0.4, 0.5) is 15.8 Å². The van der Waals surface area contributed by atoms with E-state index in [1.165, 1.54) is 43.0 Å². The second-order valence-electron chi connectivity index (χ2n) is 5.38. The molecule has 0 fully saturated rings. The topological polar surface area (TPSA) is 66.5 Å². The Labute approximate surface area is 154 Å². The number of anilines is 2. The molecule has 1 amide bonds. The molecule has 0 bridgehead atoms. The lowest BCUT2D eigenvalue weighted by atomic mass is 10.2. The van der Waals surface area contributed by atoms with Crippen molar-refractivity contribution in [2.45, 2.75) is 16.7 Å². The molecule has 0 saturated heterocycles. The van der Waals surface area contributed by atoms with Crippen molar-refractivity contribution in [1.82, 2.24) is 0 Å². The van der Waals surface area contributed by atoms with Gasteiger partial charge in [-0.3, -0.25) is 9.52 Å². The highest BCUT2D eigenvalue weighted by Crippen LogP contribution is 2.36. The standard InChI is InChI=1S/C16H14ClFN2O3S2/c1-10(21)20-6-7-24-16-9-12(3-5-15(16)20)25(22,23)19-11-2-4-14(18)13(17)8-11/h2-5,8-9,19H,6-7H2,1H3. The Morgan fingerprint density at radius 1 is 1.28 bits per heavy atom. The lowest BCUT2D eigenvalue weighted by Gasteiger charge is -2.28. The van der Waals surface area contributed by atoms with Crippen LogP contribution in [0.25, 0.3) is 0 Å². The summed E-state index contributed by atoms with van der Waals surface area (Å²) in [7, 11) is -3.86.